The third-order valence-corrected chi connectivity index (χ3v) is 7.99. The Morgan fingerprint density at radius 2 is 1.62 bits per heavy atom. The molecule has 0 spiro atoms. The summed E-state index contributed by atoms with van der Waals surface area (Å²) in [5, 5.41) is 12.3. The molecule has 0 aromatic heterocycles. The SMILES string of the molecule is C=CCCCC(Cc1ccccc1)C(=O)OCC(NC(=O)C(CC=C)CC(=O)N1CCCC1CO)C(=O)OCc1ccccc1. The van der Waals surface area contributed by atoms with E-state index in [4.69, 9.17) is 9.47 Å². The topological polar surface area (TPSA) is 122 Å². The second kappa shape index (κ2) is 19.2. The van der Waals surface area contributed by atoms with Crippen LogP contribution in [0.2, 0.25) is 0 Å². The Balaban J connectivity index is 1.72. The number of carbonyl (C=O) groups excluding carboxylic acids is 4. The Bertz CT molecular complexity index is 1250. The highest BCUT2D eigenvalue weighted by molar-refractivity contribution is 5.89. The molecule has 0 bridgehead atoms. The lowest BCUT2D eigenvalue weighted by atomic mass is 9.94. The average molecular weight is 619 g/mol. The van der Waals surface area contributed by atoms with Gasteiger partial charge in [0, 0.05) is 13.0 Å². The van der Waals surface area contributed by atoms with Crippen molar-refractivity contribution in [1.29, 1.82) is 0 Å². The number of nitrogens with zero attached hydrogens (tertiary/aromatic N) is 1. The van der Waals surface area contributed by atoms with Gasteiger partial charge in [-0.1, -0.05) is 72.8 Å². The van der Waals surface area contributed by atoms with Crippen molar-refractivity contribution in [3.05, 3.63) is 97.1 Å². The molecule has 0 saturated carbocycles. The highest BCUT2D eigenvalue weighted by Crippen LogP contribution is 2.22. The first kappa shape index (κ1) is 35.2. The molecule has 45 heavy (non-hydrogen) atoms. The largest absolute Gasteiger partial charge is 0.463 e. The standard InChI is InChI=1S/C36H46N2O7/c1-3-5-8-19-30(22-27-15-9-6-10-16-27)35(42)45-26-32(36(43)44-25-28-17-11-7-12-18-28)37-34(41)29(14-4-2)23-33(40)38-21-13-20-31(38)24-39/h3-4,6-7,9-12,15-18,29-32,39H,1-2,5,8,13-14,19-26H2,(H,37,41). The van der Waals surface area contributed by atoms with Crippen LogP contribution in [-0.2, 0) is 41.7 Å². The number of carbonyl (C=O) groups is 4. The molecule has 242 valence electrons. The second-order valence-corrected chi connectivity index (χ2v) is 11.4. The van der Waals surface area contributed by atoms with Gasteiger partial charge < -0.3 is 24.8 Å². The van der Waals surface area contributed by atoms with Crippen LogP contribution in [0.25, 0.3) is 0 Å². The molecule has 4 unspecified atom stereocenters. The van der Waals surface area contributed by atoms with Crippen LogP contribution in [0.3, 0.4) is 0 Å². The molecule has 9 heteroatoms. The summed E-state index contributed by atoms with van der Waals surface area (Å²) in [7, 11) is 0. The minimum Gasteiger partial charge on any atom is -0.463 e. The number of hydrogen-bond donors (Lipinski definition) is 2. The highest BCUT2D eigenvalue weighted by atomic mass is 16.6. The Morgan fingerprint density at radius 1 is 0.933 bits per heavy atom. The van der Waals surface area contributed by atoms with E-state index in [0.29, 0.717) is 25.8 Å². The zero-order valence-electron chi connectivity index (χ0n) is 26.0. The van der Waals surface area contributed by atoms with Gasteiger partial charge in [0.2, 0.25) is 11.8 Å². The summed E-state index contributed by atoms with van der Waals surface area (Å²) in [6, 6.07) is 17.2. The van der Waals surface area contributed by atoms with Gasteiger partial charge in [-0.25, -0.2) is 4.79 Å². The van der Waals surface area contributed by atoms with E-state index in [1.165, 1.54) is 0 Å². The zero-order chi connectivity index (χ0) is 32.4. The number of likely N-dealkylation sites (tertiary alicyclic amines) is 1. The second-order valence-electron chi connectivity index (χ2n) is 11.4. The fraction of sp³-hybridized carbons (Fsp3) is 0.444. The van der Waals surface area contributed by atoms with Gasteiger partial charge in [0.1, 0.15) is 13.2 Å². The van der Waals surface area contributed by atoms with Crippen LogP contribution < -0.4 is 5.32 Å². The minimum atomic E-state index is -1.28. The molecule has 1 heterocycles. The van der Waals surface area contributed by atoms with Gasteiger partial charge in [-0.05, 0) is 56.1 Å². The predicted octanol–water partition coefficient (Wildman–Crippen LogP) is 4.54. The minimum absolute atomic E-state index is 0.0236. The van der Waals surface area contributed by atoms with Gasteiger partial charge >= 0.3 is 11.9 Å². The van der Waals surface area contributed by atoms with Crippen LogP contribution >= 0.6 is 0 Å². The van der Waals surface area contributed by atoms with Gasteiger partial charge in [0.15, 0.2) is 6.04 Å². The lowest BCUT2D eigenvalue weighted by Gasteiger charge is -2.26. The Morgan fingerprint density at radius 3 is 2.27 bits per heavy atom. The van der Waals surface area contributed by atoms with E-state index in [-0.39, 0.29) is 38.0 Å². The first-order chi connectivity index (χ1) is 21.9. The Labute approximate surface area is 266 Å². The van der Waals surface area contributed by atoms with Gasteiger partial charge in [-0.15, -0.1) is 13.2 Å². The summed E-state index contributed by atoms with van der Waals surface area (Å²) < 4.78 is 11.2. The summed E-state index contributed by atoms with van der Waals surface area (Å²) in [6.45, 7) is 7.43. The first-order valence-electron chi connectivity index (χ1n) is 15.7. The normalized spacial score (nSPS) is 16.2. The smallest absolute Gasteiger partial charge is 0.332 e. The van der Waals surface area contributed by atoms with Crippen molar-refractivity contribution in [1.82, 2.24) is 10.2 Å². The van der Waals surface area contributed by atoms with E-state index in [1.807, 2.05) is 60.7 Å². The van der Waals surface area contributed by atoms with Gasteiger partial charge in [-0.3, -0.25) is 14.4 Å². The molecule has 1 aliphatic heterocycles. The molecule has 3 rings (SSSR count). The number of nitrogens with one attached hydrogen (secondary N) is 1. The number of hydrogen-bond acceptors (Lipinski definition) is 7. The van der Waals surface area contributed by atoms with Crippen molar-refractivity contribution in [3.8, 4) is 0 Å². The van der Waals surface area contributed by atoms with Gasteiger partial charge in [0.25, 0.3) is 0 Å². The average Bonchev–Trinajstić information content (AvgIpc) is 3.55. The summed E-state index contributed by atoms with van der Waals surface area (Å²) in [5.41, 5.74) is 1.75. The number of amides is 2. The monoisotopic (exact) mass is 618 g/mol. The number of benzene rings is 2. The maximum Gasteiger partial charge on any atom is 0.332 e. The molecule has 2 aromatic carbocycles. The van der Waals surface area contributed by atoms with E-state index < -0.39 is 42.3 Å². The third kappa shape index (κ3) is 11.6. The fourth-order valence-electron chi connectivity index (χ4n) is 5.45. The Kier molecular flexibility index (Phi) is 15.0. The molecule has 2 amide bonds. The maximum absolute atomic E-state index is 13.5. The summed E-state index contributed by atoms with van der Waals surface area (Å²) >= 11 is 0. The van der Waals surface area contributed by atoms with Crippen LogP contribution in [0.4, 0.5) is 0 Å². The number of ether oxygens (including phenoxy) is 2. The maximum atomic E-state index is 13.5. The molecule has 2 aromatic rings. The molecule has 1 aliphatic rings. The van der Waals surface area contributed by atoms with Crippen LogP contribution in [0.1, 0.15) is 56.1 Å². The van der Waals surface area contributed by atoms with Crippen molar-refractivity contribution in [2.24, 2.45) is 11.8 Å². The quantitative estimate of drug-likeness (QED) is 0.135. The number of allylic oxidation sites excluding steroid dienone is 2. The van der Waals surface area contributed by atoms with E-state index >= 15 is 0 Å². The number of esters is 2. The molecule has 1 fully saturated rings. The van der Waals surface area contributed by atoms with Crippen molar-refractivity contribution in [2.45, 2.75) is 70.1 Å². The lowest BCUT2D eigenvalue weighted by molar-refractivity contribution is -0.157. The van der Waals surface area contributed by atoms with E-state index in [1.54, 1.807) is 17.1 Å². The van der Waals surface area contributed by atoms with Crippen molar-refractivity contribution in [3.63, 3.8) is 0 Å². The van der Waals surface area contributed by atoms with Crippen molar-refractivity contribution >= 4 is 23.8 Å². The molecule has 4 atom stereocenters. The van der Waals surface area contributed by atoms with Crippen LogP contribution in [-0.4, -0.2) is 65.6 Å². The molecule has 2 N–H and O–H groups in total. The molecule has 0 radical (unpaired) electrons. The van der Waals surface area contributed by atoms with E-state index in [0.717, 1.165) is 30.4 Å². The van der Waals surface area contributed by atoms with Crippen LogP contribution in [0.5, 0.6) is 0 Å². The highest BCUT2D eigenvalue weighted by Gasteiger charge is 2.33. The summed E-state index contributed by atoms with van der Waals surface area (Å²) in [5.74, 6) is -3.27. The fourth-order valence-corrected chi connectivity index (χ4v) is 5.45. The summed E-state index contributed by atoms with van der Waals surface area (Å²) in [6.07, 6.45) is 7.48. The first-order valence-corrected chi connectivity index (χ1v) is 15.7. The Hall–Kier alpha value is -4.24. The number of unbranched alkanes of at least 4 members (excludes halogenated alkanes) is 1. The molecular weight excluding hydrogens is 572 g/mol. The molecule has 1 saturated heterocycles. The van der Waals surface area contributed by atoms with Gasteiger partial charge in [-0.2, -0.15) is 0 Å². The van der Waals surface area contributed by atoms with Crippen molar-refractivity contribution < 1.29 is 33.8 Å². The molecular formula is C36H46N2O7. The number of rotatable bonds is 19. The lowest BCUT2D eigenvalue weighted by Crippen LogP contribution is -2.48. The molecule has 0 aliphatic carbocycles. The van der Waals surface area contributed by atoms with Crippen molar-refractivity contribution in [2.75, 3.05) is 19.8 Å². The van der Waals surface area contributed by atoms with E-state index in [2.05, 4.69) is 18.5 Å². The van der Waals surface area contributed by atoms with Gasteiger partial charge in [0.05, 0.1) is 24.5 Å². The predicted molar refractivity (Wildman–Crippen MR) is 172 cm³/mol. The number of aliphatic hydroxyl groups excluding tert-OH is 1. The van der Waals surface area contributed by atoms with E-state index in [9.17, 15) is 24.3 Å². The zero-order valence-corrected chi connectivity index (χ0v) is 26.0. The summed E-state index contributed by atoms with van der Waals surface area (Å²) in [4.78, 5) is 54.7. The number of aliphatic hydroxyl groups is 1. The third-order valence-electron chi connectivity index (χ3n) is 7.99. The van der Waals surface area contributed by atoms with Crippen LogP contribution in [0, 0.1) is 11.8 Å². The van der Waals surface area contributed by atoms with Crippen LogP contribution in [0.15, 0.2) is 86.0 Å². The molecule has 9 nitrogen and oxygen atoms in total.